The zero-order valence-electron chi connectivity index (χ0n) is 21.5. The molecule has 2 aromatic carbocycles. The van der Waals surface area contributed by atoms with Crippen LogP contribution in [0.5, 0.6) is 5.75 Å². The molecule has 1 saturated heterocycles. The van der Waals surface area contributed by atoms with Gasteiger partial charge in [-0.2, -0.15) is 0 Å². The van der Waals surface area contributed by atoms with Crippen LogP contribution in [0.1, 0.15) is 68.6 Å². The maximum Gasteiger partial charge on any atom is 0.410 e. The van der Waals surface area contributed by atoms with Crippen molar-refractivity contribution >= 4 is 17.5 Å². The lowest BCUT2D eigenvalue weighted by atomic mass is 9.52. The van der Waals surface area contributed by atoms with Crippen LogP contribution in [0, 0.1) is 5.92 Å². The maximum absolute atomic E-state index is 13.4. The number of ether oxygens (including phenoxy) is 2. The number of benzene rings is 2. The fourth-order valence-electron chi connectivity index (χ4n) is 7.34. The minimum Gasteiger partial charge on any atom is -0.491 e. The smallest absolute Gasteiger partial charge is 0.410 e. The number of unbranched alkanes of at least 4 members (excludes halogenated alkanes) is 1. The van der Waals surface area contributed by atoms with Gasteiger partial charge in [-0.1, -0.05) is 56.5 Å². The Bertz CT molecular complexity index is 1100. The van der Waals surface area contributed by atoms with Crippen molar-refractivity contribution in [2.24, 2.45) is 5.92 Å². The van der Waals surface area contributed by atoms with Crippen LogP contribution < -0.4 is 15.4 Å². The molecule has 6 rings (SSSR count). The van der Waals surface area contributed by atoms with Gasteiger partial charge in [0.15, 0.2) is 0 Å². The van der Waals surface area contributed by atoms with Crippen molar-refractivity contribution in [1.29, 1.82) is 0 Å². The fourth-order valence-corrected chi connectivity index (χ4v) is 7.34. The van der Waals surface area contributed by atoms with Crippen molar-refractivity contribution in [3.05, 3.63) is 53.1 Å². The molecule has 0 aromatic heterocycles. The molecule has 2 bridgehead atoms. The third-order valence-electron chi connectivity index (χ3n) is 9.03. The van der Waals surface area contributed by atoms with Gasteiger partial charge in [0.2, 0.25) is 0 Å². The average molecular weight is 490 g/mol. The second kappa shape index (κ2) is 9.87. The first kappa shape index (κ1) is 23.5. The normalized spacial score (nSPS) is 26.0. The molecule has 0 spiro atoms. The first-order valence-electron chi connectivity index (χ1n) is 14.0. The van der Waals surface area contributed by atoms with Gasteiger partial charge in [0, 0.05) is 31.1 Å². The van der Waals surface area contributed by atoms with E-state index in [1.54, 1.807) is 0 Å². The predicted octanol–water partition coefficient (Wildman–Crippen LogP) is 6.10. The number of nitrogens with one attached hydrogen (secondary N) is 2. The van der Waals surface area contributed by atoms with Crippen LogP contribution in [0.25, 0.3) is 0 Å². The number of carbonyl (C=O) groups is 1. The van der Waals surface area contributed by atoms with Gasteiger partial charge >= 0.3 is 6.09 Å². The quantitative estimate of drug-likeness (QED) is 0.480. The summed E-state index contributed by atoms with van der Waals surface area (Å²) in [5, 5.41) is 7.34. The van der Waals surface area contributed by atoms with E-state index >= 15 is 0 Å². The number of hydrogen-bond donors (Lipinski definition) is 2. The number of rotatable bonds is 6. The van der Waals surface area contributed by atoms with E-state index in [1.165, 1.54) is 42.5 Å². The van der Waals surface area contributed by atoms with Crippen molar-refractivity contribution in [2.75, 3.05) is 36.9 Å². The predicted molar refractivity (Wildman–Crippen MR) is 143 cm³/mol. The summed E-state index contributed by atoms with van der Waals surface area (Å²) in [5.74, 6) is 1.49. The number of fused-ring (bicyclic) bond motifs is 3. The molecule has 192 valence electrons. The molecule has 2 fully saturated rings. The summed E-state index contributed by atoms with van der Waals surface area (Å²) in [5.41, 5.74) is 6.36. The number of nitrogens with zero attached hydrogens (tertiary/aromatic N) is 1. The molecule has 0 unspecified atom stereocenters. The zero-order chi connectivity index (χ0) is 24.5. The minimum atomic E-state index is -0.161. The molecule has 2 heterocycles. The molecule has 1 amide bonds. The van der Waals surface area contributed by atoms with Crippen LogP contribution in [0.3, 0.4) is 0 Å². The first-order valence-corrected chi connectivity index (χ1v) is 14.0. The molecule has 2 N–H and O–H groups in total. The highest BCUT2D eigenvalue weighted by atomic mass is 16.6. The molecule has 36 heavy (non-hydrogen) atoms. The van der Waals surface area contributed by atoms with Crippen LogP contribution in [-0.4, -0.2) is 43.3 Å². The van der Waals surface area contributed by atoms with Gasteiger partial charge < -0.3 is 25.0 Å². The summed E-state index contributed by atoms with van der Waals surface area (Å²) in [4.78, 5) is 15.5. The van der Waals surface area contributed by atoms with Crippen LogP contribution in [-0.2, 0) is 23.2 Å². The Morgan fingerprint density at radius 3 is 2.78 bits per heavy atom. The highest BCUT2D eigenvalue weighted by molar-refractivity contribution is 5.83. The van der Waals surface area contributed by atoms with Crippen molar-refractivity contribution in [1.82, 2.24) is 4.90 Å². The van der Waals surface area contributed by atoms with E-state index in [1.807, 2.05) is 30.3 Å². The second-order valence-electron chi connectivity index (χ2n) is 11.0. The first-order chi connectivity index (χ1) is 17.7. The second-order valence-corrected chi connectivity index (χ2v) is 11.0. The zero-order valence-corrected chi connectivity index (χ0v) is 21.5. The van der Waals surface area contributed by atoms with E-state index in [2.05, 4.69) is 28.5 Å². The lowest BCUT2D eigenvalue weighted by Crippen LogP contribution is -2.62. The molecular formula is C30H39N3O3. The molecule has 3 atom stereocenters. The highest BCUT2D eigenvalue weighted by Gasteiger charge is 2.56. The Labute approximate surface area is 214 Å². The van der Waals surface area contributed by atoms with Crippen molar-refractivity contribution in [3.8, 4) is 5.75 Å². The Kier molecular flexibility index (Phi) is 6.44. The molecule has 1 saturated carbocycles. The third-order valence-corrected chi connectivity index (χ3v) is 9.03. The molecule has 6 heteroatoms. The van der Waals surface area contributed by atoms with E-state index in [-0.39, 0.29) is 17.6 Å². The monoisotopic (exact) mass is 489 g/mol. The fraction of sp³-hybridized carbons (Fsp3) is 0.567. The summed E-state index contributed by atoms with van der Waals surface area (Å²) in [6, 6.07) is 12.6. The molecule has 4 aliphatic rings. The third kappa shape index (κ3) is 3.99. The molecule has 0 radical (unpaired) electrons. The summed E-state index contributed by atoms with van der Waals surface area (Å²) < 4.78 is 12.2. The molecule has 2 aliphatic carbocycles. The van der Waals surface area contributed by atoms with E-state index in [0.717, 1.165) is 68.9 Å². The van der Waals surface area contributed by atoms with Gasteiger partial charge in [-0.3, -0.25) is 0 Å². The van der Waals surface area contributed by atoms with E-state index < -0.39 is 0 Å². The summed E-state index contributed by atoms with van der Waals surface area (Å²) in [6.07, 6.45) is 8.81. The lowest BCUT2D eigenvalue weighted by molar-refractivity contribution is -0.0136. The average Bonchev–Trinajstić information content (AvgIpc) is 2.93. The number of likely N-dealkylation sites (tertiary alicyclic amines) is 1. The minimum absolute atomic E-state index is 0.129. The Hall–Kier alpha value is -2.89. The maximum atomic E-state index is 13.4. The van der Waals surface area contributed by atoms with E-state index in [4.69, 9.17) is 9.47 Å². The number of amides is 1. The topological polar surface area (TPSA) is 62.8 Å². The van der Waals surface area contributed by atoms with Gasteiger partial charge in [0.25, 0.3) is 0 Å². The standard InChI is InChI=1S/C30H39N3O3/c1-2-3-17-35-26-19-24-22(27-28(26)32-15-14-31-27)18-25-23-11-7-8-12-30(23,24)13-16-33(25)29(34)36-20-21-9-5-4-6-10-21/h4-6,9-10,19,23,25,31-32H,2-3,7-8,11-18,20H2,1H3/t23-,25+,30+/m1/s1. The van der Waals surface area contributed by atoms with Crippen LogP contribution >= 0.6 is 0 Å². The lowest BCUT2D eigenvalue weighted by Gasteiger charge is -2.59. The summed E-state index contributed by atoms with van der Waals surface area (Å²) >= 11 is 0. The van der Waals surface area contributed by atoms with Gasteiger partial charge in [-0.25, -0.2) is 4.79 Å². The Balaban J connectivity index is 1.34. The van der Waals surface area contributed by atoms with Gasteiger partial charge in [0.05, 0.1) is 12.3 Å². The van der Waals surface area contributed by atoms with Crippen LogP contribution in [0.4, 0.5) is 16.2 Å². The van der Waals surface area contributed by atoms with E-state index in [9.17, 15) is 4.79 Å². The van der Waals surface area contributed by atoms with Gasteiger partial charge in [0.1, 0.15) is 18.0 Å². The largest absolute Gasteiger partial charge is 0.491 e. The van der Waals surface area contributed by atoms with Crippen molar-refractivity contribution in [2.45, 2.75) is 76.4 Å². The number of anilines is 2. The summed E-state index contributed by atoms with van der Waals surface area (Å²) in [7, 11) is 0. The van der Waals surface area contributed by atoms with E-state index in [0.29, 0.717) is 12.5 Å². The molecule has 6 nitrogen and oxygen atoms in total. The molecule has 2 aliphatic heterocycles. The van der Waals surface area contributed by atoms with Gasteiger partial charge in [-0.05, 0) is 60.8 Å². The number of hydrogen-bond acceptors (Lipinski definition) is 5. The Morgan fingerprint density at radius 1 is 1.11 bits per heavy atom. The molecular weight excluding hydrogens is 450 g/mol. The van der Waals surface area contributed by atoms with Crippen molar-refractivity contribution in [3.63, 3.8) is 0 Å². The SMILES string of the molecule is CCCCOc1cc2c(c3c1NCCN3)C[C@H]1[C@H]3CCCC[C@@]23CCN1C(=O)OCc1ccccc1. The van der Waals surface area contributed by atoms with Crippen LogP contribution in [0.15, 0.2) is 36.4 Å². The number of piperidine rings is 1. The van der Waals surface area contributed by atoms with Crippen LogP contribution in [0.2, 0.25) is 0 Å². The molecule has 2 aromatic rings. The summed E-state index contributed by atoms with van der Waals surface area (Å²) in [6.45, 7) is 5.85. The van der Waals surface area contributed by atoms with Crippen molar-refractivity contribution < 1.29 is 14.3 Å². The number of carbonyl (C=O) groups excluding carboxylic acids is 1. The van der Waals surface area contributed by atoms with Gasteiger partial charge in [-0.15, -0.1) is 0 Å². The highest BCUT2D eigenvalue weighted by Crippen LogP contribution is 2.59. The Morgan fingerprint density at radius 2 is 1.94 bits per heavy atom.